The first-order chi connectivity index (χ1) is 14.3. The van der Waals surface area contributed by atoms with Crippen molar-refractivity contribution in [3.63, 3.8) is 0 Å². The minimum Gasteiger partial charge on any atom is -0.318 e. The van der Waals surface area contributed by atoms with Gasteiger partial charge in [0.2, 0.25) is 0 Å². The van der Waals surface area contributed by atoms with Crippen LogP contribution in [0.25, 0.3) is 11.8 Å². The normalized spacial score (nSPS) is 16.5. The average Bonchev–Trinajstić information content (AvgIpc) is 3.14. The van der Waals surface area contributed by atoms with Crippen molar-refractivity contribution < 1.29 is 4.79 Å². The summed E-state index contributed by atoms with van der Waals surface area (Å²) in [5.74, 6) is -0.126. The molecule has 1 fully saturated rings. The first-order valence-corrected chi connectivity index (χ1v) is 10.8. The highest BCUT2D eigenvalue weighted by Gasteiger charge is 2.24. The molecule has 1 aliphatic rings. The van der Waals surface area contributed by atoms with E-state index < -0.39 is 0 Å². The van der Waals surface area contributed by atoms with Crippen LogP contribution in [0.5, 0.6) is 0 Å². The van der Waals surface area contributed by atoms with Crippen LogP contribution in [0.3, 0.4) is 0 Å². The van der Waals surface area contributed by atoms with Crippen molar-refractivity contribution in [3.8, 4) is 5.69 Å². The van der Waals surface area contributed by atoms with Crippen molar-refractivity contribution in [2.75, 3.05) is 0 Å². The van der Waals surface area contributed by atoms with E-state index in [1.54, 1.807) is 0 Å². The Morgan fingerprint density at radius 3 is 2.33 bits per heavy atom. The molecule has 1 saturated heterocycles. The number of amidine groups is 1. The second-order valence-corrected chi connectivity index (χ2v) is 8.93. The molecule has 0 unspecified atom stereocenters. The minimum atomic E-state index is -0.126. The topological polar surface area (TPSA) is 46.4 Å². The predicted octanol–water partition coefficient (Wildman–Crippen LogP) is 6.26. The van der Waals surface area contributed by atoms with Crippen molar-refractivity contribution in [1.29, 1.82) is 0 Å². The van der Waals surface area contributed by atoms with Crippen LogP contribution in [0, 0.1) is 27.7 Å². The molecule has 0 radical (unpaired) electrons. The zero-order chi connectivity index (χ0) is 21.4. The van der Waals surface area contributed by atoms with Gasteiger partial charge in [0.25, 0.3) is 5.91 Å². The zero-order valence-electron chi connectivity index (χ0n) is 17.3. The lowest BCUT2D eigenvalue weighted by Crippen LogP contribution is -2.19. The molecule has 0 bridgehead atoms. The molecule has 6 heteroatoms. The molecular formula is C24H22ClN3OS. The van der Waals surface area contributed by atoms with Crippen molar-refractivity contribution in [2.45, 2.75) is 27.7 Å². The van der Waals surface area contributed by atoms with Gasteiger partial charge in [0.15, 0.2) is 5.17 Å². The lowest BCUT2D eigenvalue weighted by Gasteiger charge is -2.09. The number of aliphatic imine (C=N–C) groups is 1. The summed E-state index contributed by atoms with van der Waals surface area (Å²) < 4.78 is 2.16. The Morgan fingerprint density at radius 2 is 1.67 bits per heavy atom. The van der Waals surface area contributed by atoms with E-state index >= 15 is 0 Å². The molecule has 4 rings (SSSR count). The molecule has 1 amide bonds. The van der Waals surface area contributed by atoms with E-state index in [0.717, 1.165) is 39.5 Å². The van der Waals surface area contributed by atoms with Gasteiger partial charge >= 0.3 is 0 Å². The van der Waals surface area contributed by atoms with Crippen LogP contribution in [0.2, 0.25) is 5.02 Å². The molecule has 30 heavy (non-hydrogen) atoms. The van der Waals surface area contributed by atoms with E-state index in [4.69, 9.17) is 11.6 Å². The molecule has 1 aromatic heterocycles. The van der Waals surface area contributed by atoms with Gasteiger partial charge in [-0.25, -0.2) is 4.99 Å². The maximum absolute atomic E-state index is 12.5. The Labute approximate surface area is 185 Å². The largest absolute Gasteiger partial charge is 0.318 e. The Kier molecular flexibility index (Phi) is 5.58. The number of carbonyl (C=O) groups is 1. The van der Waals surface area contributed by atoms with Crippen LogP contribution < -0.4 is 5.32 Å². The predicted molar refractivity (Wildman–Crippen MR) is 127 cm³/mol. The van der Waals surface area contributed by atoms with Crippen molar-refractivity contribution in [3.05, 3.63) is 86.5 Å². The average molecular weight is 436 g/mol. The lowest BCUT2D eigenvalue weighted by molar-refractivity contribution is -0.115. The molecule has 2 aromatic carbocycles. The first-order valence-electron chi connectivity index (χ1n) is 9.63. The van der Waals surface area contributed by atoms with Gasteiger partial charge in [0, 0.05) is 22.1 Å². The summed E-state index contributed by atoms with van der Waals surface area (Å²) in [6.45, 7) is 8.19. The van der Waals surface area contributed by atoms with Crippen LogP contribution in [0.4, 0.5) is 5.69 Å². The molecule has 3 aromatic rings. The monoisotopic (exact) mass is 435 g/mol. The number of benzene rings is 2. The highest BCUT2D eigenvalue weighted by molar-refractivity contribution is 8.18. The van der Waals surface area contributed by atoms with E-state index in [1.165, 1.54) is 11.8 Å². The number of aromatic nitrogens is 1. The molecule has 0 aliphatic carbocycles. The molecule has 0 saturated carbocycles. The molecule has 0 atom stereocenters. The number of thioether (sulfide) groups is 1. The van der Waals surface area contributed by atoms with Gasteiger partial charge in [-0.3, -0.25) is 4.79 Å². The van der Waals surface area contributed by atoms with E-state index in [-0.39, 0.29) is 5.91 Å². The first kappa shape index (κ1) is 20.5. The Hall–Kier alpha value is -2.76. The van der Waals surface area contributed by atoms with Gasteiger partial charge in [0.1, 0.15) is 0 Å². The number of nitrogens with zero attached hydrogens (tertiary/aromatic N) is 2. The van der Waals surface area contributed by atoms with E-state index in [0.29, 0.717) is 15.1 Å². The lowest BCUT2D eigenvalue weighted by atomic mass is 10.1. The number of rotatable bonds is 3. The second-order valence-electron chi connectivity index (χ2n) is 7.47. The standard InChI is InChI=1S/C24H22ClN3OS/c1-14-9-15(2)11-20(10-14)26-24-27-23(29)22(30-24)13-18-12-16(3)28(17(18)4)21-7-5-19(25)6-8-21/h5-13H,1-4H3,(H,26,27,29)/b22-13+. The fraction of sp³-hybridized carbons (Fsp3) is 0.167. The van der Waals surface area contributed by atoms with Crippen LogP contribution >= 0.6 is 23.4 Å². The fourth-order valence-electron chi connectivity index (χ4n) is 3.68. The third-order valence-electron chi connectivity index (χ3n) is 4.93. The Bertz CT molecular complexity index is 1190. The summed E-state index contributed by atoms with van der Waals surface area (Å²) in [5, 5.41) is 4.18. The summed E-state index contributed by atoms with van der Waals surface area (Å²) >= 11 is 7.39. The van der Waals surface area contributed by atoms with Crippen molar-refractivity contribution >= 4 is 46.2 Å². The number of carbonyl (C=O) groups excluding carboxylic acids is 1. The van der Waals surface area contributed by atoms with Crippen LogP contribution in [0.1, 0.15) is 28.1 Å². The fourth-order valence-corrected chi connectivity index (χ4v) is 4.63. The van der Waals surface area contributed by atoms with E-state index in [9.17, 15) is 4.79 Å². The summed E-state index contributed by atoms with van der Waals surface area (Å²) in [4.78, 5) is 17.8. The SMILES string of the molecule is Cc1cc(C)cc(N=C2NC(=O)/C(=C\c3cc(C)n(-c4ccc(Cl)cc4)c3C)S2)c1. The molecule has 1 aliphatic heterocycles. The molecule has 2 heterocycles. The third kappa shape index (κ3) is 4.23. The van der Waals surface area contributed by atoms with Gasteiger partial charge in [-0.15, -0.1) is 0 Å². The summed E-state index contributed by atoms with van der Waals surface area (Å²) in [7, 11) is 0. The van der Waals surface area contributed by atoms with Gasteiger partial charge in [-0.05, 0) is 105 Å². The van der Waals surface area contributed by atoms with Crippen molar-refractivity contribution in [1.82, 2.24) is 9.88 Å². The molecular weight excluding hydrogens is 414 g/mol. The molecule has 152 valence electrons. The molecule has 1 N–H and O–H groups in total. The van der Waals surface area contributed by atoms with Crippen LogP contribution in [-0.2, 0) is 4.79 Å². The maximum atomic E-state index is 12.5. The van der Waals surface area contributed by atoms with Gasteiger partial charge in [-0.2, -0.15) is 0 Å². The number of hydrogen-bond donors (Lipinski definition) is 1. The van der Waals surface area contributed by atoms with Crippen molar-refractivity contribution in [2.24, 2.45) is 4.99 Å². The number of amides is 1. The highest BCUT2D eigenvalue weighted by Crippen LogP contribution is 2.31. The third-order valence-corrected chi connectivity index (χ3v) is 6.09. The smallest absolute Gasteiger partial charge is 0.264 e. The van der Waals surface area contributed by atoms with Gasteiger partial charge in [0.05, 0.1) is 10.6 Å². The maximum Gasteiger partial charge on any atom is 0.264 e. The minimum absolute atomic E-state index is 0.126. The van der Waals surface area contributed by atoms with Gasteiger partial charge in [-0.1, -0.05) is 17.7 Å². The van der Waals surface area contributed by atoms with Crippen LogP contribution in [-0.4, -0.2) is 15.6 Å². The quantitative estimate of drug-likeness (QED) is 0.494. The highest BCUT2D eigenvalue weighted by atomic mass is 35.5. The number of halogens is 1. The molecule has 0 spiro atoms. The molecule has 4 nitrogen and oxygen atoms in total. The number of nitrogens with one attached hydrogen (secondary N) is 1. The van der Waals surface area contributed by atoms with Gasteiger partial charge < -0.3 is 9.88 Å². The number of aryl methyl sites for hydroxylation is 3. The Morgan fingerprint density at radius 1 is 1.00 bits per heavy atom. The second kappa shape index (κ2) is 8.17. The zero-order valence-corrected chi connectivity index (χ0v) is 18.9. The summed E-state index contributed by atoms with van der Waals surface area (Å²) in [5.41, 5.74) is 7.35. The number of hydrogen-bond acceptors (Lipinski definition) is 3. The van der Waals surface area contributed by atoms with E-state index in [1.807, 2.05) is 56.3 Å². The Balaban J connectivity index is 1.64. The summed E-state index contributed by atoms with van der Waals surface area (Å²) in [6.07, 6.45) is 1.93. The van der Waals surface area contributed by atoms with E-state index in [2.05, 4.69) is 40.9 Å². The summed E-state index contributed by atoms with van der Waals surface area (Å²) in [6, 6.07) is 15.9. The van der Waals surface area contributed by atoms with Crippen LogP contribution in [0.15, 0.2) is 58.4 Å².